The summed E-state index contributed by atoms with van der Waals surface area (Å²) in [4.78, 5) is 17.8. The highest BCUT2D eigenvalue weighted by Gasteiger charge is 2.58. The van der Waals surface area contributed by atoms with Gasteiger partial charge in [-0.2, -0.15) is 0 Å². The average Bonchev–Trinajstić information content (AvgIpc) is 3.34. The van der Waals surface area contributed by atoms with E-state index in [9.17, 15) is 4.79 Å². The number of rotatable bonds is 3. The van der Waals surface area contributed by atoms with Crippen LogP contribution < -0.4 is 5.32 Å². The van der Waals surface area contributed by atoms with Crippen molar-refractivity contribution in [2.45, 2.75) is 64.8 Å². The van der Waals surface area contributed by atoms with Crippen LogP contribution in [0.3, 0.4) is 0 Å². The molecule has 0 radical (unpaired) electrons. The quantitative estimate of drug-likeness (QED) is 0.758. The Kier molecular flexibility index (Phi) is 8.31. The van der Waals surface area contributed by atoms with Crippen molar-refractivity contribution in [3.05, 3.63) is 0 Å². The second-order valence-corrected chi connectivity index (χ2v) is 9.54. The van der Waals surface area contributed by atoms with Crippen molar-refractivity contribution in [2.75, 3.05) is 39.3 Å². The van der Waals surface area contributed by atoms with Crippen molar-refractivity contribution in [3.63, 3.8) is 0 Å². The van der Waals surface area contributed by atoms with E-state index >= 15 is 0 Å². The lowest BCUT2D eigenvalue weighted by Crippen LogP contribution is -2.53. The molecular formula is C21H39Cl2N3O. The Balaban J connectivity index is 0.00000131. The average molecular weight is 420 g/mol. The van der Waals surface area contributed by atoms with Gasteiger partial charge in [0.2, 0.25) is 5.91 Å². The summed E-state index contributed by atoms with van der Waals surface area (Å²) in [5.41, 5.74) is 0.384. The van der Waals surface area contributed by atoms with Crippen molar-refractivity contribution < 1.29 is 4.79 Å². The maximum atomic E-state index is 12.9. The van der Waals surface area contributed by atoms with E-state index in [1.54, 1.807) is 0 Å². The predicted molar refractivity (Wildman–Crippen MR) is 116 cm³/mol. The third-order valence-electron chi connectivity index (χ3n) is 7.91. The maximum Gasteiger partial charge on any atom is 0.226 e. The highest BCUT2D eigenvalue weighted by molar-refractivity contribution is 5.85. The van der Waals surface area contributed by atoms with Crippen LogP contribution in [0.2, 0.25) is 0 Å². The second-order valence-electron chi connectivity index (χ2n) is 9.54. The van der Waals surface area contributed by atoms with Gasteiger partial charge in [-0.25, -0.2) is 0 Å². The molecule has 4 fully saturated rings. The van der Waals surface area contributed by atoms with Crippen LogP contribution in [-0.2, 0) is 4.79 Å². The van der Waals surface area contributed by atoms with Crippen LogP contribution >= 0.6 is 24.8 Å². The van der Waals surface area contributed by atoms with E-state index in [0.717, 1.165) is 63.6 Å². The summed E-state index contributed by atoms with van der Waals surface area (Å²) < 4.78 is 0. The Morgan fingerprint density at radius 2 is 1.56 bits per heavy atom. The van der Waals surface area contributed by atoms with Gasteiger partial charge in [-0.3, -0.25) is 9.69 Å². The molecule has 2 saturated heterocycles. The smallest absolute Gasteiger partial charge is 0.226 e. The number of hydrogen-bond donors (Lipinski definition) is 1. The number of amides is 1. The molecule has 4 aliphatic rings. The zero-order chi connectivity index (χ0) is 17.4. The third-order valence-corrected chi connectivity index (χ3v) is 7.91. The lowest BCUT2D eigenvalue weighted by molar-refractivity contribution is -0.135. The molecule has 2 aliphatic heterocycles. The Morgan fingerprint density at radius 1 is 0.963 bits per heavy atom. The molecule has 1 atom stereocenters. The number of piperazine rings is 1. The zero-order valence-corrected chi connectivity index (χ0v) is 18.8. The lowest BCUT2D eigenvalue weighted by Gasteiger charge is -2.42. The number of nitrogens with one attached hydrogen (secondary N) is 1. The predicted octanol–water partition coefficient (Wildman–Crippen LogP) is 3.58. The van der Waals surface area contributed by atoms with Crippen LogP contribution in [0.1, 0.15) is 58.8 Å². The van der Waals surface area contributed by atoms with Crippen LogP contribution in [0.5, 0.6) is 0 Å². The first kappa shape index (κ1) is 23.3. The van der Waals surface area contributed by atoms with Gasteiger partial charge in [0.25, 0.3) is 0 Å². The first-order valence-electron chi connectivity index (χ1n) is 10.8. The standard InChI is InChI=1S/C21H37N3O.2ClH/c1-16(2)17-3-5-18(6-4-17)23-11-13-24(14-12-23)20(25)19-15-21(19)7-9-22-10-8-21;;/h16-19,22H,3-15H2,1-2H3;2*1H. The van der Waals surface area contributed by atoms with Gasteiger partial charge in [0.1, 0.15) is 0 Å². The fraction of sp³-hybridized carbons (Fsp3) is 0.952. The number of nitrogens with zero attached hydrogens (tertiary/aromatic N) is 2. The van der Waals surface area contributed by atoms with Crippen LogP contribution in [0, 0.1) is 23.2 Å². The zero-order valence-electron chi connectivity index (χ0n) is 17.1. The molecule has 1 N–H and O–H groups in total. The van der Waals surface area contributed by atoms with Crippen molar-refractivity contribution in [2.24, 2.45) is 23.2 Å². The first-order valence-corrected chi connectivity index (χ1v) is 10.8. The summed E-state index contributed by atoms with van der Waals surface area (Å²) in [6.07, 6.45) is 9.13. The SMILES string of the molecule is CC(C)C1CCC(N2CCN(C(=O)C3CC34CCNCC4)CC2)CC1.Cl.Cl. The van der Waals surface area contributed by atoms with Crippen molar-refractivity contribution in [3.8, 4) is 0 Å². The van der Waals surface area contributed by atoms with Gasteiger partial charge in [-0.1, -0.05) is 13.8 Å². The molecule has 2 aliphatic carbocycles. The van der Waals surface area contributed by atoms with Crippen LogP contribution in [0.15, 0.2) is 0 Å². The summed E-state index contributed by atoms with van der Waals surface area (Å²) >= 11 is 0. The van der Waals surface area contributed by atoms with Gasteiger partial charge in [0.05, 0.1) is 0 Å². The fourth-order valence-corrected chi connectivity index (χ4v) is 5.84. The van der Waals surface area contributed by atoms with Crippen molar-refractivity contribution >= 4 is 30.7 Å². The molecule has 27 heavy (non-hydrogen) atoms. The van der Waals surface area contributed by atoms with Gasteiger partial charge in [-0.05, 0) is 75.3 Å². The number of carbonyl (C=O) groups excluding carboxylic acids is 1. The molecule has 1 amide bonds. The maximum absolute atomic E-state index is 12.9. The molecule has 158 valence electrons. The normalized spacial score (nSPS) is 33.3. The molecule has 0 aromatic rings. The minimum atomic E-state index is 0. The summed E-state index contributed by atoms with van der Waals surface area (Å²) in [5.74, 6) is 2.61. The van der Waals surface area contributed by atoms with E-state index < -0.39 is 0 Å². The molecule has 1 unspecified atom stereocenters. The Bertz CT molecular complexity index is 480. The largest absolute Gasteiger partial charge is 0.340 e. The van der Waals surface area contributed by atoms with Crippen LogP contribution in [0.25, 0.3) is 0 Å². The molecular weight excluding hydrogens is 381 g/mol. The lowest BCUT2D eigenvalue weighted by atomic mass is 9.79. The minimum absolute atomic E-state index is 0. The third kappa shape index (κ3) is 4.94. The number of piperidine rings is 1. The van der Waals surface area contributed by atoms with E-state index in [1.807, 2.05) is 0 Å². The van der Waals surface area contributed by atoms with E-state index in [0.29, 0.717) is 17.2 Å². The van der Waals surface area contributed by atoms with Crippen LogP contribution in [0.4, 0.5) is 0 Å². The Labute approximate surface area is 178 Å². The first-order chi connectivity index (χ1) is 12.1. The molecule has 2 saturated carbocycles. The molecule has 0 aromatic heterocycles. The number of hydrogen-bond acceptors (Lipinski definition) is 3. The summed E-state index contributed by atoms with van der Waals surface area (Å²) in [5, 5.41) is 3.44. The van der Waals surface area contributed by atoms with Gasteiger partial charge >= 0.3 is 0 Å². The Hall–Kier alpha value is -0.0300. The highest BCUT2D eigenvalue weighted by Crippen LogP contribution is 2.59. The van der Waals surface area contributed by atoms with Crippen molar-refractivity contribution in [1.29, 1.82) is 0 Å². The Morgan fingerprint density at radius 3 is 2.11 bits per heavy atom. The molecule has 1 spiro atoms. The molecule has 0 bridgehead atoms. The van der Waals surface area contributed by atoms with E-state index in [1.165, 1.54) is 38.5 Å². The molecule has 4 nitrogen and oxygen atoms in total. The summed E-state index contributed by atoms with van der Waals surface area (Å²) in [6, 6.07) is 0.781. The minimum Gasteiger partial charge on any atom is -0.340 e. The fourth-order valence-electron chi connectivity index (χ4n) is 5.84. The highest BCUT2D eigenvalue weighted by atomic mass is 35.5. The second kappa shape index (κ2) is 9.65. The van der Waals surface area contributed by atoms with Gasteiger partial charge in [-0.15, -0.1) is 24.8 Å². The molecule has 4 rings (SSSR count). The van der Waals surface area contributed by atoms with Gasteiger partial charge in [0.15, 0.2) is 0 Å². The summed E-state index contributed by atoms with van der Waals surface area (Å²) in [7, 11) is 0. The van der Waals surface area contributed by atoms with E-state index in [2.05, 4.69) is 29.0 Å². The number of halogens is 2. The number of carbonyl (C=O) groups is 1. The topological polar surface area (TPSA) is 35.6 Å². The van der Waals surface area contributed by atoms with Crippen molar-refractivity contribution in [1.82, 2.24) is 15.1 Å². The molecule has 0 aromatic carbocycles. The van der Waals surface area contributed by atoms with Gasteiger partial charge < -0.3 is 10.2 Å². The van der Waals surface area contributed by atoms with E-state index in [-0.39, 0.29) is 24.8 Å². The van der Waals surface area contributed by atoms with Crippen LogP contribution in [-0.4, -0.2) is 61.0 Å². The van der Waals surface area contributed by atoms with Gasteiger partial charge in [0, 0.05) is 38.1 Å². The molecule has 6 heteroatoms. The van der Waals surface area contributed by atoms with E-state index in [4.69, 9.17) is 0 Å². The summed E-state index contributed by atoms with van der Waals surface area (Å²) in [6.45, 7) is 11.1. The monoisotopic (exact) mass is 419 g/mol. The molecule has 2 heterocycles.